The summed E-state index contributed by atoms with van der Waals surface area (Å²) in [7, 11) is 1.28. The number of ether oxygens (including phenoxy) is 4. The summed E-state index contributed by atoms with van der Waals surface area (Å²) in [5.41, 5.74) is 6.50. The van der Waals surface area contributed by atoms with Crippen molar-refractivity contribution < 1.29 is 33.6 Å². The van der Waals surface area contributed by atoms with E-state index in [1.807, 2.05) is 49.4 Å². The average Bonchev–Trinajstić information content (AvgIpc) is 3.04. The first-order chi connectivity index (χ1) is 22.2. The van der Waals surface area contributed by atoms with Gasteiger partial charge in [0.25, 0.3) is 0 Å². The van der Waals surface area contributed by atoms with Crippen molar-refractivity contribution in [1.82, 2.24) is 16.1 Å². The Balaban J connectivity index is 1.38. The Kier molecular flexibility index (Phi) is 12.0. The molecule has 0 radical (unpaired) electrons. The molecular weight excluding hydrogens is 612 g/mol. The molecule has 0 saturated heterocycles. The molecule has 2 atom stereocenters. The summed E-state index contributed by atoms with van der Waals surface area (Å²) >= 11 is 6.26. The van der Waals surface area contributed by atoms with Crippen LogP contribution < -0.4 is 30.3 Å². The number of nitrogens with one attached hydrogen (secondary N) is 3. The number of methoxy groups -OCH3 is 1. The maximum atomic E-state index is 12.5. The fourth-order valence-corrected chi connectivity index (χ4v) is 4.92. The van der Waals surface area contributed by atoms with E-state index in [2.05, 4.69) is 27.7 Å². The van der Waals surface area contributed by atoms with Gasteiger partial charge in [-0.1, -0.05) is 41.9 Å². The standard InChI is InChI=1S/C34H37ClN4O7/c1-5-9-23-16-22(12-14-27(23)45-19-25-10-7-8-11-26(25)35)18-36-39-30(40)20-46-28-15-13-24(17-29(28)44-6-2)32-31(33(41)43-4)21(3)37-34(42)38-32/h5,7-8,10-18,30,32,39-40H,1,6,9,19-20H2,2-4H3,(H2,37,38,42)/b36-18-/t30-,32+/m1/s1. The summed E-state index contributed by atoms with van der Waals surface area (Å²) in [6, 6.07) is 17.0. The zero-order valence-corrected chi connectivity index (χ0v) is 26.6. The number of esters is 1. The van der Waals surface area contributed by atoms with Gasteiger partial charge in [0.1, 0.15) is 19.0 Å². The highest BCUT2D eigenvalue weighted by Gasteiger charge is 2.32. The molecule has 1 aliphatic heterocycles. The second kappa shape index (κ2) is 16.4. The van der Waals surface area contributed by atoms with Gasteiger partial charge in [0.15, 0.2) is 17.7 Å². The van der Waals surface area contributed by atoms with E-state index in [0.717, 1.165) is 16.7 Å². The second-order valence-electron chi connectivity index (χ2n) is 10.2. The Morgan fingerprint density at radius 3 is 2.61 bits per heavy atom. The molecule has 0 unspecified atom stereocenters. The van der Waals surface area contributed by atoms with Gasteiger partial charge in [-0.3, -0.25) is 5.43 Å². The minimum absolute atomic E-state index is 0.149. The van der Waals surface area contributed by atoms with Gasteiger partial charge in [0.05, 0.1) is 31.5 Å². The molecule has 11 nitrogen and oxygen atoms in total. The van der Waals surface area contributed by atoms with Crippen LogP contribution >= 0.6 is 11.6 Å². The van der Waals surface area contributed by atoms with Crippen LogP contribution in [0.1, 0.15) is 42.1 Å². The Labute approximate surface area is 272 Å². The predicted octanol–water partition coefficient (Wildman–Crippen LogP) is 5.17. The third-order valence-electron chi connectivity index (χ3n) is 6.90. The zero-order chi connectivity index (χ0) is 33.1. The predicted molar refractivity (Wildman–Crippen MR) is 175 cm³/mol. The van der Waals surface area contributed by atoms with Crippen molar-refractivity contribution in [3.63, 3.8) is 0 Å². The van der Waals surface area contributed by atoms with Crippen LogP contribution in [0.4, 0.5) is 4.79 Å². The molecule has 0 spiro atoms. The molecule has 3 aromatic rings. The zero-order valence-electron chi connectivity index (χ0n) is 25.8. The number of carbonyl (C=O) groups is 2. The Hall–Kier alpha value is -5.00. The average molecular weight is 649 g/mol. The van der Waals surface area contributed by atoms with Gasteiger partial charge in [-0.25, -0.2) is 9.59 Å². The summed E-state index contributed by atoms with van der Waals surface area (Å²) < 4.78 is 22.5. The first kappa shape index (κ1) is 33.9. The number of amides is 2. The molecule has 1 aliphatic rings. The molecular formula is C34H37ClN4O7. The van der Waals surface area contributed by atoms with E-state index in [1.165, 1.54) is 7.11 Å². The van der Waals surface area contributed by atoms with Crippen molar-refractivity contribution in [3.8, 4) is 17.2 Å². The van der Waals surface area contributed by atoms with Gasteiger partial charge in [0, 0.05) is 16.3 Å². The van der Waals surface area contributed by atoms with Gasteiger partial charge in [-0.2, -0.15) is 5.10 Å². The lowest BCUT2D eigenvalue weighted by Gasteiger charge is -2.28. The molecule has 242 valence electrons. The van der Waals surface area contributed by atoms with E-state index in [4.69, 9.17) is 30.5 Å². The molecule has 12 heteroatoms. The number of aliphatic hydroxyl groups excluding tert-OH is 1. The molecule has 1 heterocycles. The number of urea groups is 1. The van der Waals surface area contributed by atoms with Gasteiger partial charge in [-0.15, -0.1) is 6.58 Å². The van der Waals surface area contributed by atoms with E-state index in [9.17, 15) is 14.7 Å². The molecule has 0 saturated carbocycles. The highest BCUT2D eigenvalue weighted by molar-refractivity contribution is 6.31. The lowest BCUT2D eigenvalue weighted by molar-refractivity contribution is -0.136. The molecule has 46 heavy (non-hydrogen) atoms. The van der Waals surface area contributed by atoms with Gasteiger partial charge in [0.2, 0.25) is 0 Å². The highest BCUT2D eigenvalue weighted by Crippen LogP contribution is 2.35. The Morgan fingerprint density at radius 1 is 1.09 bits per heavy atom. The summed E-state index contributed by atoms with van der Waals surface area (Å²) in [6.45, 7) is 7.80. The number of carbonyl (C=O) groups excluding carboxylic acids is 2. The van der Waals surface area contributed by atoms with Crippen LogP contribution in [0.15, 0.2) is 89.7 Å². The van der Waals surface area contributed by atoms with Crippen molar-refractivity contribution in [2.45, 2.75) is 39.1 Å². The molecule has 4 rings (SSSR count). The lowest BCUT2D eigenvalue weighted by Crippen LogP contribution is -2.45. The number of nitrogens with zero attached hydrogens (tertiary/aromatic N) is 1. The Morgan fingerprint density at radius 2 is 1.87 bits per heavy atom. The molecule has 2 amide bonds. The smallest absolute Gasteiger partial charge is 0.337 e. The quantitative estimate of drug-likeness (QED) is 0.0582. The van der Waals surface area contributed by atoms with Crippen LogP contribution in [0.3, 0.4) is 0 Å². The van der Waals surface area contributed by atoms with Crippen molar-refractivity contribution >= 4 is 29.8 Å². The number of benzene rings is 3. The lowest BCUT2D eigenvalue weighted by atomic mass is 9.95. The molecule has 3 aromatic carbocycles. The normalized spacial score (nSPS) is 15.1. The number of hydrazone groups is 1. The molecule has 0 fully saturated rings. The minimum Gasteiger partial charge on any atom is -0.490 e. The van der Waals surface area contributed by atoms with E-state index in [-0.39, 0.29) is 12.2 Å². The first-order valence-electron chi connectivity index (χ1n) is 14.6. The van der Waals surface area contributed by atoms with Crippen LogP contribution in [0.2, 0.25) is 5.02 Å². The third-order valence-corrected chi connectivity index (χ3v) is 7.27. The van der Waals surface area contributed by atoms with E-state index < -0.39 is 24.3 Å². The maximum Gasteiger partial charge on any atom is 0.337 e. The number of hydrogen-bond donors (Lipinski definition) is 4. The van der Waals surface area contributed by atoms with Crippen LogP contribution in [0.25, 0.3) is 0 Å². The molecule has 0 aliphatic carbocycles. The van der Waals surface area contributed by atoms with Crippen molar-refractivity contribution in [2.75, 3.05) is 20.3 Å². The number of hydrogen-bond acceptors (Lipinski definition) is 9. The first-order valence-corrected chi connectivity index (χ1v) is 14.9. The second-order valence-corrected chi connectivity index (χ2v) is 10.6. The van der Waals surface area contributed by atoms with Gasteiger partial charge < -0.3 is 34.7 Å². The number of allylic oxidation sites excluding steroid dienone is 2. The van der Waals surface area contributed by atoms with Gasteiger partial charge >= 0.3 is 12.0 Å². The Bertz CT molecular complexity index is 1620. The van der Waals surface area contributed by atoms with Crippen molar-refractivity contribution in [2.24, 2.45) is 5.10 Å². The molecule has 0 aromatic heterocycles. The SMILES string of the molecule is C=CCc1cc(/C=N\N[C@H](O)COc2ccc([C@@H]3NC(=O)NC(C)=C3C(=O)OC)cc2OCC)ccc1OCc1ccccc1Cl. The molecule has 0 bridgehead atoms. The van der Waals surface area contributed by atoms with Crippen LogP contribution in [0.5, 0.6) is 17.2 Å². The van der Waals surface area contributed by atoms with E-state index >= 15 is 0 Å². The summed E-state index contributed by atoms with van der Waals surface area (Å²) in [5, 5.41) is 20.6. The highest BCUT2D eigenvalue weighted by atomic mass is 35.5. The van der Waals surface area contributed by atoms with Crippen molar-refractivity contribution in [3.05, 3.63) is 112 Å². The maximum absolute atomic E-state index is 12.5. The van der Waals surface area contributed by atoms with E-state index in [1.54, 1.807) is 37.4 Å². The third kappa shape index (κ3) is 8.80. The summed E-state index contributed by atoms with van der Waals surface area (Å²) in [6.07, 6.45) is 2.82. The van der Waals surface area contributed by atoms with Crippen molar-refractivity contribution in [1.29, 1.82) is 0 Å². The number of halogens is 1. The summed E-state index contributed by atoms with van der Waals surface area (Å²) in [5.74, 6) is 0.872. The minimum atomic E-state index is -1.14. The largest absolute Gasteiger partial charge is 0.490 e. The monoisotopic (exact) mass is 648 g/mol. The summed E-state index contributed by atoms with van der Waals surface area (Å²) in [4.78, 5) is 24.6. The van der Waals surface area contributed by atoms with E-state index in [0.29, 0.717) is 53.2 Å². The molecule has 4 N–H and O–H groups in total. The van der Waals surface area contributed by atoms with Gasteiger partial charge in [-0.05, 0) is 73.4 Å². The van der Waals surface area contributed by atoms with Crippen LogP contribution in [-0.4, -0.2) is 49.9 Å². The van der Waals surface area contributed by atoms with Crippen LogP contribution in [0, 0.1) is 0 Å². The number of aliphatic hydroxyl groups is 1. The number of rotatable bonds is 15. The fourth-order valence-electron chi connectivity index (χ4n) is 4.73. The topological polar surface area (TPSA) is 140 Å². The van der Waals surface area contributed by atoms with Crippen LogP contribution in [-0.2, 0) is 22.6 Å². The fraction of sp³-hybridized carbons (Fsp3) is 0.265.